The summed E-state index contributed by atoms with van der Waals surface area (Å²) in [6, 6.07) is 0. The fourth-order valence-corrected chi connectivity index (χ4v) is 0.350. The Morgan fingerprint density at radius 2 is 2.30 bits per heavy atom. The molecule has 0 N–H and O–H groups in total. The largest absolute Gasteiger partial charge is 0.542 e. The van der Waals surface area contributed by atoms with Crippen molar-refractivity contribution in [3.63, 3.8) is 0 Å². The second-order valence-corrected chi connectivity index (χ2v) is 1.60. The molecule has 0 amide bonds. The lowest BCUT2D eigenvalue weighted by molar-refractivity contribution is -0.396. The number of carbonyl (C=O) groups excluding carboxylic acids is 1. The van der Waals surface area contributed by atoms with E-state index in [0.29, 0.717) is 0 Å². The molecule has 0 rings (SSSR count). The number of unbranched alkanes of at least 4 members (excludes halogenated alkanes) is 1. The van der Waals surface area contributed by atoms with E-state index in [0.717, 1.165) is 12.8 Å². The highest BCUT2D eigenvalue weighted by atomic mass is 19.3. The van der Waals surface area contributed by atoms with Gasteiger partial charge in [-0.2, -0.15) is 0 Å². The maximum Gasteiger partial charge on any atom is 0.542 e. The number of rotatable bonds is 4. The Labute approximate surface area is 57.7 Å². The third-order valence-electron chi connectivity index (χ3n) is 0.817. The van der Waals surface area contributed by atoms with Crippen molar-refractivity contribution in [2.75, 3.05) is 6.61 Å². The lowest BCUT2D eigenvalue weighted by atomic mass is 10.4. The highest BCUT2D eigenvalue weighted by Gasteiger charge is 2.02. The molecule has 0 bridgehead atoms. The minimum Gasteiger partial charge on any atom is -0.432 e. The summed E-state index contributed by atoms with van der Waals surface area (Å²) in [4.78, 5) is 13.5. The molecule has 0 radical (unpaired) electrons. The van der Waals surface area contributed by atoms with Crippen LogP contribution in [0.1, 0.15) is 19.8 Å². The third kappa shape index (κ3) is 5.30. The molecular formula is C5H9FO4. The van der Waals surface area contributed by atoms with E-state index in [4.69, 9.17) is 0 Å². The average molecular weight is 152 g/mol. The summed E-state index contributed by atoms with van der Waals surface area (Å²) >= 11 is 0. The molecule has 0 aliphatic carbocycles. The summed E-state index contributed by atoms with van der Waals surface area (Å²) in [5.41, 5.74) is 0. The van der Waals surface area contributed by atoms with Crippen molar-refractivity contribution in [3.05, 3.63) is 0 Å². The molecular weight excluding hydrogens is 143 g/mol. The van der Waals surface area contributed by atoms with Crippen LogP contribution in [0.4, 0.5) is 9.32 Å². The molecule has 0 aliphatic rings. The van der Waals surface area contributed by atoms with Gasteiger partial charge in [0.2, 0.25) is 0 Å². The first kappa shape index (κ1) is 9.16. The van der Waals surface area contributed by atoms with E-state index in [1.165, 1.54) is 0 Å². The van der Waals surface area contributed by atoms with Gasteiger partial charge in [-0.25, -0.2) is 9.68 Å². The van der Waals surface area contributed by atoms with Gasteiger partial charge in [0.1, 0.15) is 0 Å². The van der Waals surface area contributed by atoms with Gasteiger partial charge in [0.25, 0.3) is 0 Å². The molecule has 0 saturated heterocycles. The van der Waals surface area contributed by atoms with Gasteiger partial charge in [-0.15, -0.1) is 0 Å². The predicted molar refractivity (Wildman–Crippen MR) is 29.5 cm³/mol. The molecule has 0 spiro atoms. The van der Waals surface area contributed by atoms with Crippen molar-refractivity contribution in [1.82, 2.24) is 0 Å². The maximum atomic E-state index is 10.7. The van der Waals surface area contributed by atoms with Crippen LogP contribution < -0.4 is 0 Å². The second kappa shape index (κ2) is 6.28. The first-order chi connectivity index (χ1) is 4.81. The maximum absolute atomic E-state index is 10.7. The molecule has 5 heteroatoms. The van der Waals surface area contributed by atoms with Gasteiger partial charge in [-0.1, -0.05) is 13.3 Å². The smallest absolute Gasteiger partial charge is 0.432 e. The lowest BCUT2D eigenvalue weighted by Crippen LogP contribution is -2.06. The van der Waals surface area contributed by atoms with E-state index in [1.807, 2.05) is 6.92 Å². The highest BCUT2D eigenvalue weighted by Crippen LogP contribution is 1.91. The summed E-state index contributed by atoms with van der Waals surface area (Å²) in [6.07, 6.45) is 0.460. The van der Waals surface area contributed by atoms with Crippen LogP contribution in [0.5, 0.6) is 0 Å². The van der Waals surface area contributed by atoms with E-state index < -0.39 is 6.16 Å². The van der Waals surface area contributed by atoms with Crippen molar-refractivity contribution in [1.29, 1.82) is 0 Å². The molecule has 0 aliphatic heterocycles. The quantitative estimate of drug-likeness (QED) is 0.266. The van der Waals surface area contributed by atoms with E-state index in [-0.39, 0.29) is 6.61 Å². The SMILES string of the molecule is CCCCOC(=O)OOF. The molecule has 0 saturated carbocycles. The lowest BCUT2D eigenvalue weighted by Gasteiger charge is -1.98. The molecule has 0 aromatic heterocycles. The van der Waals surface area contributed by atoms with Crippen LogP contribution in [0.15, 0.2) is 0 Å². The third-order valence-corrected chi connectivity index (χ3v) is 0.817. The van der Waals surface area contributed by atoms with Crippen LogP contribution in [-0.2, 0) is 14.7 Å². The number of ether oxygens (including phenoxy) is 1. The number of hydrogen-bond donors (Lipinski definition) is 0. The van der Waals surface area contributed by atoms with E-state index in [2.05, 4.69) is 14.7 Å². The molecule has 0 fully saturated rings. The van der Waals surface area contributed by atoms with Gasteiger partial charge < -0.3 is 4.74 Å². The van der Waals surface area contributed by atoms with Gasteiger partial charge in [0.15, 0.2) is 0 Å². The molecule has 0 aromatic rings. The molecule has 0 aromatic carbocycles. The van der Waals surface area contributed by atoms with Gasteiger partial charge >= 0.3 is 6.16 Å². The van der Waals surface area contributed by atoms with Crippen LogP contribution in [0.25, 0.3) is 0 Å². The van der Waals surface area contributed by atoms with Gasteiger partial charge in [0.05, 0.1) is 6.61 Å². The Morgan fingerprint density at radius 1 is 1.60 bits per heavy atom. The average Bonchev–Trinajstić information content (AvgIpc) is 1.89. The van der Waals surface area contributed by atoms with Crippen molar-refractivity contribution in [2.45, 2.75) is 19.8 Å². The first-order valence-corrected chi connectivity index (χ1v) is 2.93. The van der Waals surface area contributed by atoms with Crippen molar-refractivity contribution in [2.24, 2.45) is 0 Å². The summed E-state index contributed by atoms with van der Waals surface area (Å²) in [7, 11) is 0. The summed E-state index contributed by atoms with van der Waals surface area (Å²) in [5, 5.41) is 2.56. The molecule has 0 atom stereocenters. The fourth-order valence-electron chi connectivity index (χ4n) is 0.350. The van der Waals surface area contributed by atoms with Crippen LogP contribution in [0.3, 0.4) is 0 Å². The summed E-state index contributed by atoms with van der Waals surface area (Å²) in [5.74, 6) is 0. The van der Waals surface area contributed by atoms with Crippen LogP contribution in [0.2, 0.25) is 0 Å². The zero-order chi connectivity index (χ0) is 7.82. The Kier molecular flexibility index (Phi) is 5.75. The van der Waals surface area contributed by atoms with Crippen molar-refractivity contribution < 1.29 is 24.0 Å². The molecule has 4 nitrogen and oxygen atoms in total. The van der Waals surface area contributed by atoms with E-state index >= 15 is 0 Å². The molecule has 0 heterocycles. The first-order valence-electron chi connectivity index (χ1n) is 2.93. The number of halogens is 1. The minimum atomic E-state index is -1.16. The fraction of sp³-hybridized carbons (Fsp3) is 0.800. The standard InChI is InChI=1S/C5H9FO4/c1-2-3-4-8-5(7)9-10-6/h2-4H2,1H3. The zero-order valence-electron chi connectivity index (χ0n) is 5.63. The van der Waals surface area contributed by atoms with Crippen LogP contribution in [-0.4, -0.2) is 12.8 Å². The predicted octanol–water partition coefficient (Wildman–Crippen LogP) is 1.76. The minimum absolute atomic E-state index is 0.221. The summed E-state index contributed by atoms with van der Waals surface area (Å²) < 4.78 is 15.0. The van der Waals surface area contributed by atoms with Crippen molar-refractivity contribution in [3.8, 4) is 0 Å². The summed E-state index contributed by atoms with van der Waals surface area (Å²) in [6.45, 7) is 2.15. The van der Waals surface area contributed by atoms with Crippen LogP contribution >= 0.6 is 0 Å². The van der Waals surface area contributed by atoms with Gasteiger partial charge in [-0.3, -0.25) is 0 Å². The van der Waals surface area contributed by atoms with Crippen LogP contribution in [0, 0.1) is 0 Å². The molecule has 10 heavy (non-hydrogen) atoms. The Hall–Kier alpha value is -0.840. The molecule has 60 valence electrons. The second-order valence-electron chi connectivity index (χ2n) is 1.60. The number of hydrogen-bond acceptors (Lipinski definition) is 4. The van der Waals surface area contributed by atoms with Crippen molar-refractivity contribution >= 4 is 6.16 Å². The normalized spacial score (nSPS) is 9.00. The molecule has 0 unspecified atom stereocenters. The topological polar surface area (TPSA) is 44.8 Å². The van der Waals surface area contributed by atoms with E-state index in [1.54, 1.807) is 0 Å². The number of carbonyl (C=O) groups is 1. The van der Waals surface area contributed by atoms with E-state index in [9.17, 15) is 9.32 Å². The monoisotopic (exact) mass is 152 g/mol. The zero-order valence-corrected chi connectivity index (χ0v) is 5.63. The van der Waals surface area contributed by atoms with Gasteiger partial charge in [-0.05, 0) is 10.9 Å². The Bertz CT molecular complexity index is 95.6. The van der Waals surface area contributed by atoms with Gasteiger partial charge in [0, 0.05) is 5.09 Å². The Balaban J connectivity index is 3.05. The Morgan fingerprint density at radius 3 is 2.80 bits per heavy atom. The highest BCUT2D eigenvalue weighted by molar-refractivity contribution is 5.58.